The number of aromatic nitrogens is 2. The van der Waals surface area contributed by atoms with Gasteiger partial charge < -0.3 is 9.47 Å². The number of likely N-dealkylation sites (tertiary alicyclic amines) is 1. The van der Waals surface area contributed by atoms with Crippen LogP contribution in [0, 0.1) is 5.92 Å². The Morgan fingerprint density at radius 1 is 1.25 bits per heavy atom. The van der Waals surface area contributed by atoms with Gasteiger partial charge in [0.1, 0.15) is 5.82 Å². The van der Waals surface area contributed by atoms with Gasteiger partial charge >= 0.3 is 0 Å². The van der Waals surface area contributed by atoms with Gasteiger partial charge in [-0.15, -0.1) is 0 Å². The molecule has 1 saturated heterocycles. The van der Waals surface area contributed by atoms with E-state index in [1.54, 1.807) is 6.07 Å². The number of hydrogen-bond acceptors (Lipinski definition) is 2. The number of rotatable bonds is 4. The standard InChI is InChI=1S/C19H22ClN3O/c20-17-6-2-1-5-16(17)19(24)23-10-3-4-15(13-23)18-21-9-11-22(18)12-14-7-8-14/h1-2,5-6,9,11,14-15H,3-4,7-8,10,12-13H2. The number of amides is 1. The molecule has 1 unspecified atom stereocenters. The lowest BCUT2D eigenvalue weighted by molar-refractivity contribution is 0.0703. The molecule has 1 aromatic carbocycles. The van der Waals surface area contributed by atoms with Gasteiger partial charge in [-0.2, -0.15) is 0 Å². The summed E-state index contributed by atoms with van der Waals surface area (Å²) < 4.78 is 2.30. The van der Waals surface area contributed by atoms with Crippen molar-refractivity contribution in [1.82, 2.24) is 14.5 Å². The molecule has 126 valence electrons. The van der Waals surface area contributed by atoms with E-state index in [2.05, 4.69) is 15.7 Å². The first-order chi connectivity index (χ1) is 11.7. The minimum atomic E-state index is 0.0330. The lowest BCUT2D eigenvalue weighted by atomic mass is 9.96. The van der Waals surface area contributed by atoms with Crippen LogP contribution in [0.2, 0.25) is 5.02 Å². The lowest BCUT2D eigenvalue weighted by Crippen LogP contribution is -2.40. The number of carbonyl (C=O) groups excluding carboxylic acids is 1. The molecule has 2 aliphatic rings. The van der Waals surface area contributed by atoms with Crippen LogP contribution in [0.1, 0.15) is 47.8 Å². The van der Waals surface area contributed by atoms with Crippen molar-refractivity contribution in [3.63, 3.8) is 0 Å². The van der Waals surface area contributed by atoms with Crippen molar-refractivity contribution in [2.75, 3.05) is 13.1 Å². The van der Waals surface area contributed by atoms with Crippen molar-refractivity contribution in [2.45, 2.75) is 38.1 Å². The maximum atomic E-state index is 12.8. The zero-order valence-corrected chi connectivity index (χ0v) is 14.5. The molecule has 0 spiro atoms. The largest absolute Gasteiger partial charge is 0.338 e. The predicted octanol–water partition coefficient (Wildman–Crippen LogP) is 3.97. The Hall–Kier alpha value is -1.81. The number of benzene rings is 1. The number of hydrogen-bond donors (Lipinski definition) is 0. The van der Waals surface area contributed by atoms with Crippen LogP contribution in [0.3, 0.4) is 0 Å². The van der Waals surface area contributed by atoms with Gasteiger partial charge in [-0.1, -0.05) is 23.7 Å². The summed E-state index contributed by atoms with van der Waals surface area (Å²) in [4.78, 5) is 19.4. The summed E-state index contributed by atoms with van der Waals surface area (Å²) in [6.07, 6.45) is 8.75. The van der Waals surface area contributed by atoms with E-state index >= 15 is 0 Å². The molecule has 4 nitrogen and oxygen atoms in total. The average Bonchev–Trinajstić information content (AvgIpc) is 3.30. The van der Waals surface area contributed by atoms with Crippen LogP contribution < -0.4 is 0 Å². The zero-order chi connectivity index (χ0) is 16.5. The minimum Gasteiger partial charge on any atom is -0.338 e. The van der Waals surface area contributed by atoms with Gasteiger partial charge in [0.15, 0.2) is 0 Å². The molecule has 0 radical (unpaired) electrons. The maximum Gasteiger partial charge on any atom is 0.255 e. The van der Waals surface area contributed by atoms with Crippen molar-refractivity contribution in [2.24, 2.45) is 5.92 Å². The van der Waals surface area contributed by atoms with Gasteiger partial charge in [-0.05, 0) is 43.7 Å². The Morgan fingerprint density at radius 2 is 2.08 bits per heavy atom. The third kappa shape index (κ3) is 3.20. The molecular weight excluding hydrogens is 322 g/mol. The molecule has 1 aromatic heterocycles. The van der Waals surface area contributed by atoms with E-state index in [-0.39, 0.29) is 5.91 Å². The van der Waals surface area contributed by atoms with Gasteiger partial charge in [-0.3, -0.25) is 4.79 Å². The highest BCUT2D eigenvalue weighted by Crippen LogP contribution is 2.33. The van der Waals surface area contributed by atoms with Crippen molar-refractivity contribution in [3.05, 3.63) is 53.1 Å². The molecule has 1 amide bonds. The Balaban J connectivity index is 1.50. The maximum absolute atomic E-state index is 12.8. The van der Waals surface area contributed by atoms with Crippen LogP contribution in [-0.4, -0.2) is 33.4 Å². The summed E-state index contributed by atoms with van der Waals surface area (Å²) >= 11 is 6.20. The van der Waals surface area contributed by atoms with Crippen LogP contribution in [-0.2, 0) is 6.54 Å². The van der Waals surface area contributed by atoms with E-state index in [1.807, 2.05) is 29.3 Å². The third-order valence-corrected chi connectivity index (χ3v) is 5.41. The Kier molecular flexibility index (Phi) is 4.31. The highest BCUT2D eigenvalue weighted by Gasteiger charge is 2.30. The van der Waals surface area contributed by atoms with E-state index in [1.165, 1.54) is 12.8 Å². The van der Waals surface area contributed by atoms with Gasteiger partial charge in [0, 0.05) is 37.9 Å². The third-order valence-electron chi connectivity index (χ3n) is 5.08. The Bertz CT molecular complexity index is 738. The summed E-state index contributed by atoms with van der Waals surface area (Å²) in [5, 5.41) is 0.528. The second-order valence-corrected chi connectivity index (χ2v) is 7.36. The molecule has 2 aromatic rings. The first-order valence-electron chi connectivity index (χ1n) is 8.77. The number of carbonyl (C=O) groups is 1. The molecule has 2 heterocycles. The van der Waals surface area contributed by atoms with Crippen LogP contribution in [0.4, 0.5) is 0 Å². The molecule has 2 fully saturated rings. The molecule has 24 heavy (non-hydrogen) atoms. The van der Waals surface area contributed by atoms with Crippen LogP contribution in [0.25, 0.3) is 0 Å². The van der Waals surface area contributed by atoms with E-state index < -0.39 is 0 Å². The zero-order valence-electron chi connectivity index (χ0n) is 13.7. The second-order valence-electron chi connectivity index (χ2n) is 6.95. The van der Waals surface area contributed by atoms with Crippen LogP contribution >= 0.6 is 11.6 Å². The topological polar surface area (TPSA) is 38.1 Å². The smallest absolute Gasteiger partial charge is 0.255 e. The molecule has 1 atom stereocenters. The van der Waals surface area contributed by atoms with Gasteiger partial charge in [0.05, 0.1) is 10.6 Å². The summed E-state index contributed by atoms with van der Waals surface area (Å²) in [5.41, 5.74) is 0.598. The Morgan fingerprint density at radius 3 is 2.88 bits per heavy atom. The molecular formula is C19H22ClN3O. The highest BCUT2D eigenvalue weighted by molar-refractivity contribution is 6.33. The van der Waals surface area contributed by atoms with Crippen molar-refractivity contribution >= 4 is 17.5 Å². The van der Waals surface area contributed by atoms with E-state index in [0.29, 0.717) is 16.5 Å². The SMILES string of the molecule is O=C(c1ccccc1Cl)N1CCCC(c2nccn2CC2CC2)C1. The van der Waals surface area contributed by atoms with Crippen LogP contribution in [0.5, 0.6) is 0 Å². The van der Waals surface area contributed by atoms with Gasteiger partial charge in [0.25, 0.3) is 5.91 Å². The van der Waals surface area contributed by atoms with Crippen molar-refractivity contribution in [1.29, 1.82) is 0 Å². The van der Waals surface area contributed by atoms with Crippen LogP contribution in [0.15, 0.2) is 36.7 Å². The summed E-state index contributed by atoms with van der Waals surface area (Å²) in [5.74, 6) is 2.31. The molecule has 4 rings (SSSR count). The molecule has 0 bridgehead atoms. The van der Waals surface area contributed by atoms with Gasteiger partial charge in [0.2, 0.25) is 0 Å². The molecule has 1 aliphatic heterocycles. The predicted molar refractivity (Wildman–Crippen MR) is 94.3 cm³/mol. The van der Waals surface area contributed by atoms with Crippen molar-refractivity contribution in [3.8, 4) is 0 Å². The first kappa shape index (κ1) is 15.7. The molecule has 1 aliphatic carbocycles. The van der Waals surface area contributed by atoms with E-state index in [0.717, 1.165) is 44.2 Å². The minimum absolute atomic E-state index is 0.0330. The second kappa shape index (κ2) is 6.60. The fraction of sp³-hybridized carbons (Fsp3) is 0.474. The quantitative estimate of drug-likeness (QED) is 0.842. The number of halogens is 1. The molecule has 1 saturated carbocycles. The first-order valence-corrected chi connectivity index (χ1v) is 9.15. The summed E-state index contributed by atoms with van der Waals surface area (Å²) in [6.45, 7) is 2.60. The van der Waals surface area contributed by atoms with Gasteiger partial charge in [-0.25, -0.2) is 4.98 Å². The fourth-order valence-electron chi connectivity index (χ4n) is 3.59. The van der Waals surface area contributed by atoms with E-state index in [9.17, 15) is 4.79 Å². The number of nitrogens with zero attached hydrogens (tertiary/aromatic N) is 3. The lowest BCUT2D eigenvalue weighted by Gasteiger charge is -2.33. The number of imidazole rings is 1. The van der Waals surface area contributed by atoms with E-state index in [4.69, 9.17) is 11.6 Å². The average molecular weight is 344 g/mol. The van der Waals surface area contributed by atoms with Crippen molar-refractivity contribution < 1.29 is 4.79 Å². The Labute approximate surface area is 147 Å². The highest BCUT2D eigenvalue weighted by atomic mass is 35.5. The number of piperidine rings is 1. The monoisotopic (exact) mass is 343 g/mol. The normalized spacial score (nSPS) is 21.0. The molecule has 5 heteroatoms. The summed E-state index contributed by atoms with van der Waals surface area (Å²) in [7, 11) is 0. The molecule has 0 N–H and O–H groups in total. The summed E-state index contributed by atoms with van der Waals surface area (Å²) in [6, 6.07) is 7.30. The fourth-order valence-corrected chi connectivity index (χ4v) is 3.81.